The Balaban J connectivity index is 1.68. The summed E-state index contributed by atoms with van der Waals surface area (Å²) in [5, 5.41) is 5.66. The van der Waals surface area contributed by atoms with Crippen LogP contribution in [0, 0.1) is 6.92 Å². The quantitative estimate of drug-likeness (QED) is 0.726. The molecule has 5 nitrogen and oxygen atoms in total. The van der Waals surface area contributed by atoms with Gasteiger partial charge in [0, 0.05) is 11.1 Å². The Morgan fingerprint density at radius 1 is 1.21 bits per heavy atom. The van der Waals surface area contributed by atoms with Crippen molar-refractivity contribution in [3.63, 3.8) is 0 Å². The summed E-state index contributed by atoms with van der Waals surface area (Å²) < 4.78 is 11.2. The standard InChI is InChI=1S/C18H18N2O3S/c1-11(2)22-14-6-4-13(5-7-14)20-18(21)17-9-8-16(23-17)15-10-24-12(3)19-15/h4-11H,1-3H3,(H,20,21). The van der Waals surface area contributed by atoms with Gasteiger partial charge >= 0.3 is 0 Å². The van der Waals surface area contributed by atoms with Crippen LogP contribution in [0.15, 0.2) is 46.2 Å². The molecule has 3 aromatic rings. The van der Waals surface area contributed by atoms with E-state index in [4.69, 9.17) is 9.15 Å². The fourth-order valence-electron chi connectivity index (χ4n) is 2.16. The van der Waals surface area contributed by atoms with Crippen LogP contribution < -0.4 is 10.1 Å². The highest BCUT2D eigenvalue weighted by Gasteiger charge is 2.14. The average Bonchev–Trinajstić information content (AvgIpc) is 3.17. The number of carbonyl (C=O) groups excluding carboxylic acids is 1. The van der Waals surface area contributed by atoms with Gasteiger partial charge in [-0.25, -0.2) is 4.98 Å². The zero-order chi connectivity index (χ0) is 17.1. The van der Waals surface area contributed by atoms with Crippen molar-refractivity contribution < 1.29 is 13.9 Å². The molecule has 24 heavy (non-hydrogen) atoms. The van der Waals surface area contributed by atoms with Crippen molar-refractivity contribution in [2.24, 2.45) is 0 Å². The molecule has 0 fully saturated rings. The molecule has 2 heterocycles. The van der Waals surface area contributed by atoms with Crippen LogP contribution in [0.5, 0.6) is 5.75 Å². The molecule has 1 aromatic carbocycles. The first-order chi connectivity index (χ1) is 11.5. The number of aryl methyl sites for hydroxylation is 1. The van der Waals surface area contributed by atoms with E-state index in [1.54, 1.807) is 35.6 Å². The van der Waals surface area contributed by atoms with Crippen LogP contribution in [-0.2, 0) is 0 Å². The number of ether oxygens (including phenoxy) is 1. The number of hydrogen-bond acceptors (Lipinski definition) is 5. The summed E-state index contributed by atoms with van der Waals surface area (Å²) in [5.41, 5.74) is 1.42. The highest BCUT2D eigenvalue weighted by atomic mass is 32.1. The van der Waals surface area contributed by atoms with Crippen molar-refractivity contribution in [2.75, 3.05) is 5.32 Å². The fourth-order valence-corrected chi connectivity index (χ4v) is 2.76. The van der Waals surface area contributed by atoms with Crippen molar-refractivity contribution in [3.8, 4) is 17.2 Å². The lowest BCUT2D eigenvalue weighted by atomic mass is 10.3. The molecule has 0 saturated heterocycles. The molecule has 0 radical (unpaired) electrons. The van der Waals surface area contributed by atoms with E-state index in [0.29, 0.717) is 11.4 Å². The number of rotatable bonds is 5. The zero-order valence-electron chi connectivity index (χ0n) is 13.7. The largest absolute Gasteiger partial charge is 0.491 e. The molecule has 2 aromatic heterocycles. The number of thiazole rings is 1. The lowest BCUT2D eigenvalue weighted by Gasteiger charge is -2.10. The topological polar surface area (TPSA) is 64.4 Å². The summed E-state index contributed by atoms with van der Waals surface area (Å²) >= 11 is 1.54. The Bertz CT molecular complexity index is 834. The van der Waals surface area contributed by atoms with Gasteiger partial charge in [0.2, 0.25) is 0 Å². The number of amides is 1. The lowest BCUT2D eigenvalue weighted by Crippen LogP contribution is -2.11. The highest BCUT2D eigenvalue weighted by molar-refractivity contribution is 7.09. The Hall–Kier alpha value is -2.60. The third kappa shape index (κ3) is 3.83. The van der Waals surface area contributed by atoms with Crippen LogP contribution in [0.3, 0.4) is 0 Å². The van der Waals surface area contributed by atoms with Gasteiger partial charge in [-0.2, -0.15) is 0 Å². The summed E-state index contributed by atoms with van der Waals surface area (Å²) in [6.45, 7) is 5.86. The van der Waals surface area contributed by atoms with Crippen molar-refractivity contribution in [3.05, 3.63) is 52.5 Å². The van der Waals surface area contributed by atoms with Gasteiger partial charge in [0.15, 0.2) is 11.5 Å². The number of benzene rings is 1. The maximum atomic E-state index is 12.3. The van der Waals surface area contributed by atoms with E-state index >= 15 is 0 Å². The molecule has 6 heteroatoms. The SMILES string of the molecule is Cc1nc(-c2ccc(C(=O)Nc3ccc(OC(C)C)cc3)o2)cs1. The number of aromatic nitrogens is 1. The first-order valence-electron chi connectivity index (χ1n) is 7.61. The maximum Gasteiger partial charge on any atom is 0.291 e. The van der Waals surface area contributed by atoms with Gasteiger partial charge < -0.3 is 14.5 Å². The van der Waals surface area contributed by atoms with E-state index in [-0.39, 0.29) is 17.8 Å². The molecule has 0 bridgehead atoms. The van der Waals surface area contributed by atoms with Gasteiger partial charge in [-0.1, -0.05) is 0 Å². The van der Waals surface area contributed by atoms with E-state index < -0.39 is 0 Å². The second-order valence-corrected chi connectivity index (χ2v) is 6.62. The third-order valence-corrected chi connectivity index (χ3v) is 3.96. The minimum atomic E-state index is -0.300. The van der Waals surface area contributed by atoms with E-state index in [1.165, 1.54) is 0 Å². The van der Waals surface area contributed by atoms with Crippen molar-refractivity contribution >= 4 is 22.9 Å². The molecule has 1 amide bonds. The molecule has 3 rings (SSSR count). The van der Waals surface area contributed by atoms with Crippen LogP contribution in [-0.4, -0.2) is 17.0 Å². The molecule has 0 aliphatic rings. The van der Waals surface area contributed by atoms with Crippen molar-refractivity contribution in [1.29, 1.82) is 0 Å². The average molecular weight is 342 g/mol. The van der Waals surface area contributed by atoms with E-state index in [9.17, 15) is 4.79 Å². The second kappa shape index (κ2) is 6.88. The molecule has 0 aliphatic carbocycles. The van der Waals surface area contributed by atoms with Crippen LogP contribution in [0.2, 0.25) is 0 Å². The Kier molecular flexibility index (Phi) is 4.66. The summed E-state index contributed by atoms with van der Waals surface area (Å²) in [6, 6.07) is 10.6. The van der Waals surface area contributed by atoms with Crippen LogP contribution in [0.1, 0.15) is 29.4 Å². The van der Waals surface area contributed by atoms with E-state index in [1.807, 2.05) is 38.3 Å². The van der Waals surface area contributed by atoms with Gasteiger partial charge in [0.1, 0.15) is 11.4 Å². The fraction of sp³-hybridized carbons (Fsp3) is 0.222. The minimum absolute atomic E-state index is 0.112. The molecule has 124 valence electrons. The number of carbonyl (C=O) groups is 1. The monoisotopic (exact) mass is 342 g/mol. The number of anilines is 1. The zero-order valence-corrected chi connectivity index (χ0v) is 14.5. The van der Waals surface area contributed by atoms with Crippen LogP contribution >= 0.6 is 11.3 Å². The van der Waals surface area contributed by atoms with Gasteiger partial charge in [0.25, 0.3) is 5.91 Å². The summed E-state index contributed by atoms with van der Waals surface area (Å²) in [4.78, 5) is 16.6. The second-order valence-electron chi connectivity index (χ2n) is 5.56. The first kappa shape index (κ1) is 16.3. The van der Waals surface area contributed by atoms with Crippen LogP contribution in [0.25, 0.3) is 11.5 Å². The molecule has 0 unspecified atom stereocenters. The molecule has 0 spiro atoms. The Morgan fingerprint density at radius 3 is 2.58 bits per heavy atom. The molecule has 0 saturated carbocycles. The van der Waals surface area contributed by atoms with Crippen molar-refractivity contribution in [2.45, 2.75) is 26.9 Å². The third-order valence-electron chi connectivity index (χ3n) is 3.19. The van der Waals surface area contributed by atoms with Gasteiger partial charge in [0.05, 0.1) is 11.1 Å². The minimum Gasteiger partial charge on any atom is -0.491 e. The molecule has 0 atom stereocenters. The first-order valence-corrected chi connectivity index (χ1v) is 8.49. The Morgan fingerprint density at radius 2 is 1.96 bits per heavy atom. The Labute approximate surface area is 144 Å². The predicted molar refractivity (Wildman–Crippen MR) is 94.7 cm³/mol. The van der Waals surface area contributed by atoms with Gasteiger partial charge in [-0.3, -0.25) is 4.79 Å². The maximum absolute atomic E-state index is 12.3. The summed E-state index contributed by atoms with van der Waals surface area (Å²) in [6.07, 6.45) is 0.112. The normalized spacial score (nSPS) is 10.8. The number of nitrogens with zero attached hydrogens (tertiary/aromatic N) is 1. The number of nitrogens with one attached hydrogen (secondary N) is 1. The van der Waals surface area contributed by atoms with Crippen LogP contribution in [0.4, 0.5) is 5.69 Å². The predicted octanol–water partition coefficient (Wildman–Crippen LogP) is 4.75. The number of furan rings is 1. The summed E-state index contributed by atoms with van der Waals surface area (Å²) in [5.74, 6) is 1.30. The van der Waals surface area contributed by atoms with E-state index in [0.717, 1.165) is 16.5 Å². The smallest absolute Gasteiger partial charge is 0.291 e. The number of hydrogen-bond donors (Lipinski definition) is 1. The molecule has 0 aliphatic heterocycles. The summed E-state index contributed by atoms with van der Waals surface area (Å²) in [7, 11) is 0. The van der Waals surface area contributed by atoms with E-state index in [2.05, 4.69) is 10.3 Å². The van der Waals surface area contributed by atoms with Gasteiger partial charge in [-0.05, 0) is 57.2 Å². The molecular formula is C18H18N2O3S. The highest BCUT2D eigenvalue weighted by Crippen LogP contribution is 2.24. The lowest BCUT2D eigenvalue weighted by molar-refractivity contribution is 0.0997. The molecule has 1 N–H and O–H groups in total. The van der Waals surface area contributed by atoms with Crippen molar-refractivity contribution in [1.82, 2.24) is 4.98 Å². The molecular weight excluding hydrogens is 324 g/mol. The van der Waals surface area contributed by atoms with Gasteiger partial charge in [-0.15, -0.1) is 11.3 Å².